The van der Waals surface area contributed by atoms with Crippen molar-refractivity contribution in [1.29, 1.82) is 0 Å². The molecule has 3 N–H and O–H groups in total. The Bertz CT molecular complexity index is 476. The summed E-state index contributed by atoms with van der Waals surface area (Å²) >= 11 is 0. The summed E-state index contributed by atoms with van der Waals surface area (Å²) in [6.07, 6.45) is 6.91. The van der Waals surface area contributed by atoms with Crippen molar-refractivity contribution in [2.24, 2.45) is 5.92 Å². The lowest BCUT2D eigenvalue weighted by Crippen LogP contribution is -2.53. The van der Waals surface area contributed by atoms with E-state index in [1.807, 2.05) is 0 Å². The molecule has 1 amide bonds. The molecule has 0 bridgehead atoms. The number of hydrogen-bond donors (Lipinski definition) is 3. The van der Waals surface area contributed by atoms with E-state index in [1.165, 1.54) is 19.3 Å². The molecule has 1 saturated carbocycles. The first kappa shape index (κ1) is 16.7. The van der Waals surface area contributed by atoms with Crippen molar-refractivity contribution in [3.8, 4) is 0 Å². The largest absolute Gasteiger partial charge is 0.353 e. The molecular formula is C14H27N3O3S. The molecule has 1 aliphatic heterocycles. The zero-order chi connectivity index (χ0) is 15.7. The van der Waals surface area contributed by atoms with Crippen molar-refractivity contribution in [1.82, 2.24) is 15.4 Å². The van der Waals surface area contributed by atoms with Crippen molar-refractivity contribution >= 4 is 15.9 Å². The van der Waals surface area contributed by atoms with Gasteiger partial charge in [0.2, 0.25) is 15.9 Å². The molecular weight excluding hydrogens is 290 g/mol. The Morgan fingerprint density at radius 1 is 1.29 bits per heavy atom. The zero-order valence-electron chi connectivity index (χ0n) is 13.1. The summed E-state index contributed by atoms with van der Waals surface area (Å²) in [4.78, 5) is 12.3. The molecule has 122 valence electrons. The van der Waals surface area contributed by atoms with Crippen LogP contribution in [0.15, 0.2) is 0 Å². The number of sulfonamides is 1. The molecule has 7 heteroatoms. The third-order valence-corrected chi connectivity index (χ3v) is 5.27. The molecule has 0 aromatic heterocycles. The van der Waals surface area contributed by atoms with Crippen molar-refractivity contribution in [2.75, 3.05) is 12.8 Å². The van der Waals surface area contributed by atoms with Gasteiger partial charge in [-0.3, -0.25) is 4.79 Å². The van der Waals surface area contributed by atoms with Crippen LogP contribution in [-0.4, -0.2) is 44.7 Å². The summed E-state index contributed by atoms with van der Waals surface area (Å²) in [7, 11) is -3.28. The number of amides is 1. The van der Waals surface area contributed by atoms with E-state index < -0.39 is 15.6 Å². The number of hydrogen-bond acceptors (Lipinski definition) is 4. The van der Waals surface area contributed by atoms with Gasteiger partial charge in [-0.1, -0.05) is 12.8 Å². The monoisotopic (exact) mass is 317 g/mol. The standard InChI is InChI=1S/C14H27N3O3S/c1-14(2,17-21(3,19)20)9-15-13(18)12-8-10-6-4-5-7-11(10)16-12/h10-12,16-17H,4-9H2,1-3H3,(H,15,18). The quantitative estimate of drug-likeness (QED) is 0.683. The minimum absolute atomic E-state index is 0.0206. The second kappa shape index (κ2) is 6.22. The molecule has 0 radical (unpaired) electrons. The molecule has 1 heterocycles. The van der Waals surface area contributed by atoms with Crippen LogP contribution in [-0.2, 0) is 14.8 Å². The predicted octanol–water partition coefficient (Wildman–Crippen LogP) is 0.351. The van der Waals surface area contributed by atoms with Crippen molar-refractivity contribution in [3.63, 3.8) is 0 Å². The maximum Gasteiger partial charge on any atom is 0.237 e. The van der Waals surface area contributed by atoms with Crippen LogP contribution in [0.3, 0.4) is 0 Å². The molecule has 1 aliphatic carbocycles. The highest BCUT2D eigenvalue weighted by Crippen LogP contribution is 2.33. The number of rotatable bonds is 5. The average molecular weight is 317 g/mol. The van der Waals surface area contributed by atoms with Gasteiger partial charge in [0, 0.05) is 18.1 Å². The predicted molar refractivity (Wildman–Crippen MR) is 82.4 cm³/mol. The van der Waals surface area contributed by atoms with Crippen LogP contribution in [0.25, 0.3) is 0 Å². The van der Waals surface area contributed by atoms with Gasteiger partial charge in [-0.05, 0) is 39.0 Å². The zero-order valence-corrected chi connectivity index (χ0v) is 13.9. The van der Waals surface area contributed by atoms with Crippen LogP contribution >= 0.6 is 0 Å². The molecule has 0 aromatic carbocycles. The summed E-state index contributed by atoms with van der Waals surface area (Å²) in [5.74, 6) is 0.601. The topological polar surface area (TPSA) is 87.3 Å². The van der Waals surface area contributed by atoms with E-state index >= 15 is 0 Å². The second-order valence-corrected chi connectivity index (χ2v) is 8.83. The van der Waals surface area contributed by atoms with Crippen molar-refractivity contribution in [3.05, 3.63) is 0 Å². The van der Waals surface area contributed by atoms with Gasteiger partial charge >= 0.3 is 0 Å². The van der Waals surface area contributed by atoms with E-state index in [1.54, 1.807) is 13.8 Å². The van der Waals surface area contributed by atoms with Gasteiger partial charge in [0.1, 0.15) is 0 Å². The fraction of sp³-hybridized carbons (Fsp3) is 0.929. The van der Waals surface area contributed by atoms with Gasteiger partial charge in [0.25, 0.3) is 0 Å². The summed E-state index contributed by atoms with van der Waals surface area (Å²) in [5, 5.41) is 6.30. The molecule has 0 spiro atoms. The van der Waals surface area contributed by atoms with Crippen LogP contribution in [0.2, 0.25) is 0 Å². The van der Waals surface area contributed by atoms with Crippen LogP contribution in [0, 0.1) is 5.92 Å². The van der Waals surface area contributed by atoms with Gasteiger partial charge in [0.05, 0.1) is 12.3 Å². The van der Waals surface area contributed by atoms with Crippen molar-refractivity contribution in [2.45, 2.75) is 63.6 Å². The average Bonchev–Trinajstić information content (AvgIpc) is 2.77. The summed E-state index contributed by atoms with van der Waals surface area (Å²) in [6, 6.07) is 0.351. The van der Waals surface area contributed by atoms with E-state index in [0.717, 1.165) is 19.1 Å². The van der Waals surface area contributed by atoms with Crippen molar-refractivity contribution < 1.29 is 13.2 Å². The lowest BCUT2D eigenvalue weighted by molar-refractivity contribution is -0.123. The Morgan fingerprint density at radius 2 is 1.95 bits per heavy atom. The summed E-state index contributed by atoms with van der Waals surface area (Å²) in [5.41, 5.74) is -0.686. The van der Waals surface area contributed by atoms with E-state index in [9.17, 15) is 13.2 Å². The summed E-state index contributed by atoms with van der Waals surface area (Å²) < 4.78 is 25.1. The molecule has 2 rings (SSSR count). The highest BCUT2D eigenvalue weighted by atomic mass is 32.2. The summed E-state index contributed by atoms with van der Waals surface area (Å²) in [6.45, 7) is 3.80. The number of carbonyl (C=O) groups is 1. The first-order valence-corrected chi connectivity index (χ1v) is 9.58. The van der Waals surface area contributed by atoms with Gasteiger partial charge < -0.3 is 10.6 Å². The minimum atomic E-state index is -3.28. The highest BCUT2D eigenvalue weighted by Gasteiger charge is 2.38. The Balaban J connectivity index is 1.82. The Kier molecular flexibility index (Phi) is 4.95. The second-order valence-electron chi connectivity index (χ2n) is 7.08. The van der Waals surface area contributed by atoms with Gasteiger partial charge in [0.15, 0.2) is 0 Å². The smallest absolute Gasteiger partial charge is 0.237 e. The lowest BCUT2D eigenvalue weighted by Gasteiger charge is -2.26. The van der Waals surface area contributed by atoms with Crippen LogP contribution in [0.1, 0.15) is 46.0 Å². The van der Waals surface area contributed by atoms with E-state index in [2.05, 4.69) is 15.4 Å². The maximum atomic E-state index is 12.3. The van der Waals surface area contributed by atoms with E-state index in [0.29, 0.717) is 12.0 Å². The number of carbonyl (C=O) groups excluding carboxylic acids is 1. The van der Waals surface area contributed by atoms with Gasteiger partial charge in [-0.15, -0.1) is 0 Å². The van der Waals surface area contributed by atoms with E-state index in [-0.39, 0.29) is 18.5 Å². The van der Waals surface area contributed by atoms with Gasteiger partial charge in [-0.25, -0.2) is 13.1 Å². The number of fused-ring (bicyclic) bond motifs is 1. The van der Waals surface area contributed by atoms with Crippen LogP contribution < -0.4 is 15.4 Å². The molecule has 6 nitrogen and oxygen atoms in total. The van der Waals surface area contributed by atoms with Crippen LogP contribution in [0.5, 0.6) is 0 Å². The fourth-order valence-corrected chi connectivity index (χ4v) is 4.57. The molecule has 3 atom stereocenters. The SMILES string of the molecule is CC(C)(CNC(=O)C1CC2CCCCC2N1)NS(C)(=O)=O. The molecule has 2 aliphatic rings. The molecule has 0 aromatic rings. The Hall–Kier alpha value is -0.660. The molecule has 2 fully saturated rings. The third-order valence-electron chi connectivity index (χ3n) is 4.35. The van der Waals surface area contributed by atoms with Gasteiger partial charge in [-0.2, -0.15) is 0 Å². The Labute approximate surface area is 127 Å². The third kappa shape index (κ3) is 4.93. The number of nitrogens with one attached hydrogen (secondary N) is 3. The molecule has 21 heavy (non-hydrogen) atoms. The minimum Gasteiger partial charge on any atom is -0.353 e. The van der Waals surface area contributed by atoms with Crippen LogP contribution in [0.4, 0.5) is 0 Å². The molecule has 1 saturated heterocycles. The first-order valence-electron chi connectivity index (χ1n) is 7.69. The normalized spacial score (nSPS) is 30.0. The lowest BCUT2D eigenvalue weighted by atomic mass is 9.85. The highest BCUT2D eigenvalue weighted by molar-refractivity contribution is 7.88. The fourth-order valence-electron chi connectivity index (χ4n) is 3.49. The molecule has 3 unspecified atom stereocenters. The van der Waals surface area contributed by atoms with E-state index in [4.69, 9.17) is 0 Å². The maximum absolute atomic E-state index is 12.3. The first-order chi connectivity index (χ1) is 9.66. The Morgan fingerprint density at radius 3 is 2.57 bits per heavy atom.